The van der Waals surface area contributed by atoms with Crippen molar-refractivity contribution in [1.29, 1.82) is 0 Å². The highest BCUT2D eigenvalue weighted by Crippen LogP contribution is 2.42. The number of halogens is 3. The molecule has 140 valence electrons. The van der Waals surface area contributed by atoms with Crippen molar-refractivity contribution >= 4 is 44.8 Å². The highest BCUT2D eigenvalue weighted by atomic mass is 32.2. The van der Waals surface area contributed by atoms with Crippen molar-refractivity contribution in [3.63, 3.8) is 0 Å². The minimum Gasteiger partial charge on any atom is -0.477 e. The van der Waals surface area contributed by atoms with Gasteiger partial charge in [0.15, 0.2) is 0 Å². The van der Waals surface area contributed by atoms with Gasteiger partial charge in [0, 0.05) is 17.2 Å². The van der Waals surface area contributed by atoms with E-state index in [4.69, 9.17) is 5.11 Å². The minimum absolute atomic E-state index is 0.000658. The minimum atomic E-state index is -4.59. The topological polar surface area (TPSA) is 74.7 Å². The molecule has 0 spiro atoms. The third-order valence-electron chi connectivity index (χ3n) is 3.74. The average Bonchev–Trinajstić information content (AvgIpc) is 2.95. The van der Waals surface area contributed by atoms with Gasteiger partial charge >= 0.3 is 12.1 Å². The number of rotatable bonds is 3. The summed E-state index contributed by atoms with van der Waals surface area (Å²) in [5.41, 5.74) is -0.691. The first-order valence-electron chi connectivity index (χ1n) is 7.22. The number of aromatic carboxylic acids is 1. The van der Waals surface area contributed by atoms with E-state index in [1.165, 1.54) is 30.8 Å². The molecule has 0 radical (unpaired) electrons. The van der Waals surface area contributed by atoms with Crippen LogP contribution in [-0.4, -0.2) is 31.8 Å². The van der Waals surface area contributed by atoms with E-state index in [2.05, 4.69) is 0 Å². The number of carboxylic acids is 1. The molecule has 0 bridgehead atoms. The zero-order valence-electron chi connectivity index (χ0n) is 13.2. The largest absolute Gasteiger partial charge is 0.477 e. The lowest BCUT2D eigenvalue weighted by atomic mass is 10.2. The normalized spacial score (nSPS) is 15.0. The summed E-state index contributed by atoms with van der Waals surface area (Å²) in [5, 5.41) is 9.11. The van der Waals surface area contributed by atoms with Crippen LogP contribution in [0.3, 0.4) is 0 Å². The number of sulfonamides is 1. The lowest BCUT2D eigenvalue weighted by molar-refractivity contribution is -0.137. The van der Waals surface area contributed by atoms with E-state index < -0.39 is 27.7 Å². The lowest BCUT2D eigenvalue weighted by Crippen LogP contribution is -2.35. The monoisotopic (exact) mass is 423 g/mol. The van der Waals surface area contributed by atoms with Crippen molar-refractivity contribution in [3.05, 3.63) is 40.3 Å². The SMILES string of the molecule is Cc1cc(S(=O)(=O)N2CCSc3ccc(C(F)(F)F)cc32)sc1C(=O)O. The molecule has 0 amide bonds. The van der Waals surface area contributed by atoms with Gasteiger partial charge < -0.3 is 5.11 Å². The van der Waals surface area contributed by atoms with Crippen LogP contribution in [0.1, 0.15) is 20.8 Å². The highest BCUT2D eigenvalue weighted by Gasteiger charge is 2.36. The maximum Gasteiger partial charge on any atom is 0.416 e. The van der Waals surface area contributed by atoms with Gasteiger partial charge in [-0.05, 0) is 36.8 Å². The van der Waals surface area contributed by atoms with Gasteiger partial charge in [-0.2, -0.15) is 13.2 Å². The van der Waals surface area contributed by atoms with Crippen LogP contribution < -0.4 is 4.31 Å². The van der Waals surface area contributed by atoms with Gasteiger partial charge in [-0.3, -0.25) is 4.31 Å². The number of thiophene rings is 1. The molecule has 5 nitrogen and oxygen atoms in total. The molecule has 1 N–H and O–H groups in total. The van der Waals surface area contributed by atoms with Crippen LogP contribution >= 0.6 is 23.1 Å². The zero-order valence-corrected chi connectivity index (χ0v) is 15.7. The number of thioether (sulfide) groups is 1. The molecule has 0 saturated heterocycles. The first kappa shape index (κ1) is 19.1. The van der Waals surface area contributed by atoms with Crippen LogP contribution in [0, 0.1) is 6.92 Å². The summed E-state index contributed by atoms with van der Waals surface area (Å²) in [4.78, 5) is 11.5. The molecule has 0 unspecified atom stereocenters. The number of fused-ring (bicyclic) bond motifs is 1. The Balaban J connectivity index is 2.11. The van der Waals surface area contributed by atoms with E-state index >= 15 is 0 Å². The molecule has 0 saturated carbocycles. The molecule has 2 heterocycles. The number of carbonyl (C=O) groups is 1. The molecule has 11 heteroatoms. The number of nitrogens with zero attached hydrogens (tertiary/aromatic N) is 1. The standard InChI is InChI=1S/C15H12F3NO4S3/c1-8-6-12(25-13(8)14(20)21)26(22,23)19-4-5-24-11-3-2-9(7-10(11)19)15(16,17)18/h2-3,6-7H,4-5H2,1H3,(H,20,21). The van der Waals surface area contributed by atoms with Gasteiger partial charge in [0.25, 0.3) is 10.0 Å². The van der Waals surface area contributed by atoms with Crippen molar-refractivity contribution < 1.29 is 31.5 Å². The number of aryl methyl sites for hydroxylation is 1. The smallest absolute Gasteiger partial charge is 0.416 e. The Hall–Kier alpha value is -1.72. The van der Waals surface area contributed by atoms with E-state index in [1.807, 2.05) is 0 Å². The Morgan fingerprint density at radius 1 is 1.27 bits per heavy atom. The highest BCUT2D eigenvalue weighted by molar-refractivity contribution is 8.00. The predicted octanol–water partition coefficient (Wildman–Crippen LogP) is 4.07. The maximum atomic E-state index is 13.0. The molecule has 0 atom stereocenters. The van der Waals surface area contributed by atoms with Crippen LogP contribution in [0.15, 0.2) is 33.4 Å². The Morgan fingerprint density at radius 3 is 2.54 bits per heavy atom. The molecule has 0 aliphatic carbocycles. The second-order valence-corrected chi connectivity index (χ2v) is 9.77. The summed E-state index contributed by atoms with van der Waals surface area (Å²) in [5.74, 6) is -0.865. The van der Waals surface area contributed by atoms with Crippen LogP contribution in [0.5, 0.6) is 0 Å². The molecule has 1 aliphatic heterocycles. The van der Waals surface area contributed by atoms with Gasteiger partial charge in [0.2, 0.25) is 0 Å². The molecule has 1 aromatic carbocycles. The third kappa shape index (κ3) is 3.30. The molecule has 1 aromatic heterocycles. The second kappa shape index (κ2) is 6.46. The van der Waals surface area contributed by atoms with Gasteiger partial charge in [-0.15, -0.1) is 23.1 Å². The fourth-order valence-corrected chi connectivity index (χ4v) is 6.64. The fourth-order valence-electron chi connectivity index (χ4n) is 2.52. The third-order valence-corrected chi connectivity index (χ3v) is 8.27. The molecular weight excluding hydrogens is 411 g/mol. The summed E-state index contributed by atoms with van der Waals surface area (Å²) >= 11 is 1.87. The van der Waals surface area contributed by atoms with Crippen LogP contribution in [0.2, 0.25) is 0 Å². The zero-order chi connectivity index (χ0) is 19.3. The number of hydrogen-bond donors (Lipinski definition) is 1. The fraction of sp³-hybridized carbons (Fsp3) is 0.267. The number of benzene rings is 1. The lowest BCUT2D eigenvalue weighted by Gasteiger charge is -2.30. The molecule has 3 rings (SSSR count). The molecular formula is C15H12F3NO4S3. The van der Waals surface area contributed by atoms with Crippen molar-refractivity contribution in [2.24, 2.45) is 0 Å². The number of anilines is 1. The molecule has 0 fully saturated rings. The van der Waals surface area contributed by atoms with Gasteiger partial charge in [-0.25, -0.2) is 13.2 Å². The van der Waals surface area contributed by atoms with Crippen molar-refractivity contribution in [1.82, 2.24) is 0 Å². The second-order valence-electron chi connectivity index (χ2n) is 5.49. The maximum absolute atomic E-state index is 13.0. The molecule has 2 aromatic rings. The van der Waals surface area contributed by atoms with Crippen molar-refractivity contribution in [2.75, 3.05) is 16.6 Å². The summed E-state index contributed by atoms with van der Waals surface area (Å²) < 4.78 is 65.7. The number of hydrogen-bond acceptors (Lipinski definition) is 5. The van der Waals surface area contributed by atoms with E-state index in [9.17, 15) is 26.4 Å². The summed E-state index contributed by atoms with van der Waals surface area (Å²) in [6.45, 7) is 1.47. The Labute approximate surface area is 155 Å². The average molecular weight is 423 g/mol. The van der Waals surface area contributed by atoms with Crippen molar-refractivity contribution in [2.45, 2.75) is 22.2 Å². The molecule has 26 heavy (non-hydrogen) atoms. The van der Waals surface area contributed by atoms with Crippen LogP contribution in [0.4, 0.5) is 18.9 Å². The van der Waals surface area contributed by atoms with E-state index in [0.29, 0.717) is 22.0 Å². The van der Waals surface area contributed by atoms with E-state index in [1.54, 1.807) is 0 Å². The first-order chi connectivity index (χ1) is 12.0. The first-order valence-corrected chi connectivity index (χ1v) is 10.5. The van der Waals surface area contributed by atoms with Crippen LogP contribution in [-0.2, 0) is 16.2 Å². The van der Waals surface area contributed by atoms with Gasteiger partial charge in [-0.1, -0.05) is 0 Å². The Bertz CT molecular complexity index is 983. The molecule has 1 aliphatic rings. The Kier molecular flexibility index (Phi) is 4.74. The van der Waals surface area contributed by atoms with Crippen molar-refractivity contribution in [3.8, 4) is 0 Å². The summed E-state index contributed by atoms with van der Waals surface area (Å²) in [6.07, 6.45) is -4.59. The Morgan fingerprint density at radius 2 is 1.96 bits per heavy atom. The van der Waals surface area contributed by atoms with Crippen LogP contribution in [0.25, 0.3) is 0 Å². The number of carboxylic acid groups (broad SMARTS) is 1. The number of alkyl halides is 3. The van der Waals surface area contributed by atoms with E-state index in [0.717, 1.165) is 16.4 Å². The quantitative estimate of drug-likeness (QED) is 0.805. The summed E-state index contributed by atoms with van der Waals surface area (Å²) in [7, 11) is -4.17. The van der Waals surface area contributed by atoms with Gasteiger partial charge in [0.05, 0.1) is 11.3 Å². The summed E-state index contributed by atoms with van der Waals surface area (Å²) in [6, 6.07) is 4.22. The van der Waals surface area contributed by atoms with Gasteiger partial charge in [0.1, 0.15) is 9.09 Å². The predicted molar refractivity (Wildman–Crippen MR) is 92.7 cm³/mol. The van der Waals surface area contributed by atoms with E-state index in [-0.39, 0.29) is 26.9 Å².